The molecule has 11 heteroatoms. The van der Waals surface area contributed by atoms with Gasteiger partial charge in [0, 0.05) is 35.5 Å². The van der Waals surface area contributed by atoms with Gasteiger partial charge in [-0.15, -0.1) is 24.5 Å². The van der Waals surface area contributed by atoms with Crippen molar-refractivity contribution in [3.63, 3.8) is 0 Å². The van der Waals surface area contributed by atoms with E-state index in [1.165, 1.54) is 12.1 Å². The standard InChI is InChI=1S/C24H25F3N4O3S/c1-14-15(2)30-34-20(14)29-22(32)31-9-7-23(8-10-31)11-17(12-23)21-28-19(13-35-21)16-3-5-18(6-4-16)33-24(25,26)27/h3-6,13,17H,7-12H2,1-2H3,(H,29,32). The largest absolute Gasteiger partial charge is 0.573 e. The van der Waals surface area contributed by atoms with Crippen molar-refractivity contribution in [1.82, 2.24) is 15.0 Å². The number of benzene rings is 1. The Hall–Kier alpha value is -3.08. The fourth-order valence-electron chi connectivity index (χ4n) is 4.90. The summed E-state index contributed by atoms with van der Waals surface area (Å²) in [6.07, 6.45) is -0.735. The summed E-state index contributed by atoms with van der Waals surface area (Å²) in [6.45, 7) is 5.09. The second-order valence-electron chi connectivity index (χ2n) is 9.39. The molecule has 1 saturated heterocycles. The summed E-state index contributed by atoms with van der Waals surface area (Å²) < 4.78 is 46.2. The molecule has 2 amide bonds. The van der Waals surface area contributed by atoms with Crippen LogP contribution in [0.4, 0.5) is 23.8 Å². The van der Waals surface area contributed by atoms with Gasteiger partial charge >= 0.3 is 12.4 Å². The number of alkyl halides is 3. The van der Waals surface area contributed by atoms with Gasteiger partial charge in [0.1, 0.15) is 5.75 Å². The third-order valence-electron chi connectivity index (χ3n) is 7.10. The number of nitrogens with one attached hydrogen (secondary N) is 1. The Morgan fingerprint density at radius 3 is 2.49 bits per heavy atom. The fraction of sp³-hybridized carbons (Fsp3) is 0.458. The van der Waals surface area contributed by atoms with Crippen LogP contribution in [0, 0.1) is 19.3 Å². The number of aromatic nitrogens is 2. The predicted octanol–water partition coefficient (Wildman–Crippen LogP) is 6.51. The van der Waals surface area contributed by atoms with Crippen LogP contribution in [0.3, 0.4) is 0 Å². The van der Waals surface area contributed by atoms with E-state index in [1.54, 1.807) is 23.5 Å². The minimum Gasteiger partial charge on any atom is -0.406 e. The Morgan fingerprint density at radius 1 is 1.20 bits per heavy atom. The van der Waals surface area contributed by atoms with Crippen LogP contribution in [-0.2, 0) is 0 Å². The number of anilines is 1. The highest BCUT2D eigenvalue weighted by Gasteiger charge is 2.47. The first-order valence-corrected chi connectivity index (χ1v) is 12.3. The summed E-state index contributed by atoms with van der Waals surface area (Å²) in [5.74, 6) is 0.532. The first kappa shape index (κ1) is 23.7. The highest BCUT2D eigenvalue weighted by molar-refractivity contribution is 7.10. The van der Waals surface area contributed by atoms with E-state index >= 15 is 0 Å². The van der Waals surface area contributed by atoms with Crippen LogP contribution < -0.4 is 10.1 Å². The lowest BCUT2D eigenvalue weighted by Gasteiger charge is -2.51. The zero-order valence-corrected chi connectivity index (χ0v) is 20.1. The van der Waals surface area contributed by atoms with E-state index in [0.717, 1.165) is 53.2 Å². The molecule has 1 spiro atoms. The Bertz CT molecular complexity index is 1210. The SMILES string of the molecule is Cc1noc(NC(=O)N2CCC3(CC2)CC(c2nc(-c4ccc(OC(F)(F)F)cc4)cs2)C3)c1C. The number of likely N-dealkylation sites (tertiary alicyclic amines) is 1. The van der Waals surface area contributed by atoms with Gasteiger partial charge in [0.15, 0.2) is 0 Å². The Morgan fingerprint density at radius 2 is 1.89 bits per heavy atom. The number of hydrogen-bond acceptors (Lipinski definition) is 6. The van der Waals surface area contributed by atoms with E-state index < -0.39 is 6.36 Å². The predicted molar refractivity (Wildman–Crippen MR) is 124 cm³/mol. The van der Waals surface area contributed by atoms with Crippen molar-refractivity contribution in [3.05, 3.63) is 45.9 Å². The van der Waals surface area contributed by atoms with Gasteiger partial charge in [-0.1, -0.05) is 5.16 Å². The molecule has 3 heterocycles. The minimum absolute atomic E-state index is 0.161. The van der Waals surface area contributed by atoms with Gasteiger partial charge in [-0.3, -0.25) is 5.32 Å². The number of thiazole rings is 1. The molecule has 2 aromatic heterocycles. The molecule has 0 radical (unpaired) electrons. The highest BCUT2D eigenvalue weighted by Crippen LogP contribution is 2.57. The highest BCUT2D eigenvalue weighted by atomic mass is 32.1. The van der Waals surface area contributed by atoms with E-state index in [0.29, 0.717) is 24.9 Å². The van der Waals surface area contributed by atoms with E-state index in [9.17, 15) is 18.0 Å². The maximum atomic E-state index is 12.6. The van der Waals surface area contributed by atoms with Gasteiger partial charge in [-0.25, -0.2) is 9.78 Å². The number of carbonyl (C=O) groups excluding carboxylic acids is 1. The minimum atomic E-state index is -4.70. The summed E-state index contributed by atoms with van der Waals surface area (Å²) in [5.41, 5.74) is 3.35. The number of rotatable bonds is 4. The van der Waals surface area contributed by atoms with Gasteiger partial charge in [-0.2, -0.15) is 0 Å². The summed E-state index contributed by atoms with van der Waals surface area (Å²) in [6, 6.07) is 5.62. The topological polar surface area (TPSA) is 80.5 Å². The fourth-order valence-corrected chi connectivity index (χ4v) is 5.83. The summed E-state index contributed by atoms with van der Waals surface area (Å²) in [7, 11) is 0. The average Bonchev–Trinajstić information content (AvgIpc) is 3.40. The lowest BCUT2D eigenvalue weighted by molar-refractivity contribution is -0.274. The Balaban J connectivity index is 1.13. The number of hydrogen-bond donors (Lipinski definition) is 1. The third-order valence-corrected chi connectivity index (χ3v) is 8.11. The third kappa shape index (κ3) is 5.00. The van der Waals surface area contributed by atoms with E-state index in [4.69, 9.17) is 9.51 Å². The Labute approximate surface area is 204 Å². The Kier molecular flexibility index (Phi) is 5.98. The van der Waals surface area contributed by atoms with Crippen LogP contribution in [-0.4, -0.2) is 40.5 Å². The van der Waals surface area contributed by atoms with Crippen LogP contribution in [0.5, 0.6) is 5.75 Å². The lowest BCUT2D eigenvalue weighted by Crippen LogP contribution is -2.49. The van der Waals surface area contributed by atoms with Crippen molar-refractivity contribution in [2.75, 3.05) is 18.4 Å². The van der Waals surface area contributed by atoms with Gasteiger partial charge < -0.3 is 14.2 Å². The average molecular weight is 507 g/mol. The number of halogens is 3. The number of urea groups is 1. The van der Waals surface area contributed by atoms with Crippen molar-refractivity contribution in [2.45, 2.75) is 51.8 Å². The number of nitrogens with zero attached hydrogens (tertiary/aromatic N) is 3. The normalized spacial score (nSPS) is 17.9. The lowest BCUT2D eigenvalue weighted by atomic mass is 9.58. The molecule has 1 aliphatic heterocycles. The second-order valence-corrected chi connectivity index (χ2v) is 10.3. The maximum absolute atomic E-state index is 12.6. The summed E-state index contributed by atoms with van der Waals surface area (Å²) in [5, 5.41) is 9.69. The molecule has 2 fully saturated rings. The molecule has 186 valence electrons. The van der Waals surface area contributed by atoms with E-state index in [-0.39, 0.29) is 17.2 Å². The maximum Gasteiger partial charge on any atom is 0.573 e. The van der Waals surface area contributed by atoms with Crippen LogP contribution in [0.1, 0.15) is 47.9 Å². The molecular formula is C24H25F3N4O3S. The van der Waals surface area contributed by atoms with Gasteiger partial charge in [0.2, 0.25) is 5.88 Å². The first-order valence-electron chi connectivity index (χ1n) is 11.4. The number of piperidine rings is 1. The van der Waals surface area contributed by atoms with Crippen LogP contribution in [0.25, 0.3) is 11.3 Å². The number of ether oxygens (including phenoxy) is 1. The molecule has 0 unspecified atom stereocenters. The van der Waals surface area contributed by atoms with E-state index in [2.05, 4.69) is 15.2 Å². The zero-order valence-electron chi connectivity index (χ0n) is 19.3. The molecule has 0 atom stereocenters. The second kappa shape index (κ2) is 8.85. The monoisotopic (exact) mass is 506 g/mol. The molecule has 7 nitrogen and oxygen atoms in total. The van der Waals surface area contributed by atoms with Crippen molar-refractivity contribution < 1.29 is 27.2 Å². The van der Waals surface area contributed by atoms with Gasteiger partial charge in [-0.05, 0) is 69.2 Å². The summed E-state index contributed by atoms with van der Waals surface area (Å²) in [4.78, 5) is 19.2. The van der Waals surface area contributed by atoms with Gasteiger partial charge in [0.05, 0.1) is 16.4 Å². The molecule has 3 aromatic rings. The number of carbonyl (C=O) groups is 1. The van der Waals surface area contributed by atoms with Crippen LogP contribution in [0.2, 0.25) is 0 Å². The smallest absolute Gasteiger partial charge is 0.406 e. The van der Waals surface area contributed by atoms with Gasteiger partial charge in [0.25, 0.3) is 0 Å². The number of aryl methyl sites for hydroxylation is 1. The number of amides is 2. The first-order chi connectivity index (χ1) is 16.6. The van der Waals surface area contributed by atoms with Crippen molar-refractivity contribution >= 4 is 23.3 Å². The molecule has 5 rings (SSSR count). The molecule has 1 aliphatic carbocycles. The molecule has 1 saturated carbocycles. The zero-order chi connectivity index (χ0) is 24.8. The van der Waals surface area contributed by atoms with Crippen molar-refractivity contribution in [1.29, 1.82) is 0 Å². The summed E-state index contributed by atoms with van der Waals surface area (Å²) >= 11 is 1.59. The van der Waals surface area contributed by atoms with Crippen LogP contribution in [0.15, 0.2) is 34.2 Å². The van der Waals surface area contributed by atoms with Crippen molar-refractivity contribution in [3.8, 4) is 17.0 Å². The molecule has 35 heavy (non-hydrogen) atoms. The molecule has 1 N–H and O–H groups in total. The quantitative estimate of drug-likeness (QED) is 0.437. The molecular weight excluding hydrogens is 481 g/mol. The van der Waals surface area contributed by atoms with Crippen LogP contribution >= 0.6 is 11.3 Å². The molecule has 1 aromatic carbocycles. The van der Waals surface area contributed by atoms with Crippen molar-refractivity contribution in [2.24, 2.45) is 5.41 Å². The molecule has 0 bridgehead atoms. The molecule has 2 aliphatic rings. The van der Waals surface area contributed by atoms with E-state index in [1.807, 2.05) is 24.1 Å².